The summed E-state index contributed by atoms with van der Waals surface area (Å²) in [7, 11) is 1.62. The van der Waals surface area contributed by atoms with Crippen molar-refractivity contribution in [3.05, 3.63) is 70.4 Å². The maximum absolute atomic E-state index is 12.5. The molecule has 0 fully saturated rings. The van der Waals surface area contributed by atoms with Crippen LogP contribution < -0.4 is 10.1 Å². The number of methoxy groups -OCH3 is 1. The predicted octanol–water partition coefficient (Wildman–Crippen LogP) is 3.68. The van der Waals surface area contributed by atoms with E-state index >= 15 is 0 Å². The Kier molecular flexibility index (Phi) is 6.72. The monoisotopic (exact) mass is 412 g/mol. The number of carbonyl (C=O) groups excluding carboxylic acids is 2. The number of nitrogens with one attached hydrogen (secondary N) is 1. The first-order valence-corrected chi connectivity index (χ1v) is 10.2. The van der Waals surface area contributed by atoms with Gasteiger partial charge in [0, 0.05) is 17.9 Å². The van der Waals surface area contributed by atoms with Crippen LogP contribution in [0.3, 0.4) is 0 Å². The number of thiophene rings is 1. The van der Waals surface area contributed by atoms with Crippen LogP contribution in [0.5, 0.6) is 5.75 Å². The van der Waals surface area contributed by atoms with E-state index in [1.807, 2.05) is 60.2 Å². The molecule has 0 unspecified atom stereocenters. The minimum atomic E-state index is -0.506. The standard InChI is InChI=1S/C22H24N2O4S/c1-15-8-9-16(2)24(15)21-18(11-13-29-21)22(26)28-14-20(25)23-12-10-17-6-4-5-7-19(17)27-3/h4-9,11,13H,10,12,14H2,1-3H3,(H,23,25). The Labute approximate surface area is 174 Å². The Balaban J connectivity index is 1.52. The first kappa shape index (κ1) is 20.7. The SMILES string of the molecule is COc1ccccc1CCNC(=O)COC(=O)c1ccsc1-n1c(C)ccc1C. The van der Waals surface area contributed by atoms with Crippen LogP contribution in [-0.4, -0.2) is 36.7 Å². The smallest absolute Gasteiger partial charge is 0.341 e. The highest BCUT2D eigenvalue weighted by atomic mass is 32.1. The Morgan fingerprint density at radius 1 is 1.07 bits per heavy atom. The average Bonchev–Trinajstić information content (AvgIpc) is 3.32. The van der Waals surface area contributed by atoms with Crippen LogP contribution in [0.2, 0.25) is 0 Å². The highest BCUT2D eigenvalue weighted by Gasteiger charge is 2.19. The molecule has 0 aliphatic rings. The van der Waals surface area contributed by atoms with Crippen molar-refractivity contribution in [3.8, 4) is 10.8 Å². The van der Waals surface area contributed by atoms with E-state index < -0.39 is 5.97 Å². The van der Waals surface area contributed by atoms with Gasteiger partial charge in [0.25, 0.3) is 5.91 Å². The van der Waals surface area contributed by atoms with Gasteiger partial charge in [-0.3, -0.25) is 4.79 Å². The molecule has 0 aliphatic carbocycles. The molecule has 1 aromatic carbocycles. The summed E-state index contributed by atoms with van der Waals surface area (Å²) in [4.78, 5) is 24.6. The van der Waals surface area contributed by atoms with Crippen LogP contribution in [0.15, 0.2) is 47.8 Å². The molecule has 7 heteroatoms. The summed E-state index contributed by atoms with van der Waals surface area (Å²) in [5.41, 5.74) is 3.54. The van der Waals surface area contributed by atoms with E-state index in [9.17, 15) is 9.59 Å². The summed E-state index contributed by atoms with van der Waals surface area (Å²) in [6.45, 7) is 4.08. The number of rotatable bonds is 8. The number of hydrogen-bond acceptors (Lipinski definition) is 5. The summed E-state index contributed by atoms with van der Waals surface area (Å²) >= 11 is 1.46. The van der Waals surface area contributed by atoms with E-state index in [1.165, 1.54) is 11.3 Å². The van der Waals surface area contributed by atoms with E-state index in [1.54, 1.807) is 13.2 Å². The molecule has 6 nitrogen and oxygen atoms in total. The molecular formula is C22H24N2O4S. The van der Waals surface area contributed by atoms with Crippen molar-refractivity contribution in [3.63, 3.8) is 0 Å². The second kappa shape index (κ2) is 9.43. The van der Waals surface area contributed by atoms with Gasteiger partial charge in [-0.2, -0.15) is 0 Å². The maximum atomic E-state index is 12.5. The first-order valence-electron chi connectivity index (χ1n) is 9.29. The Morgan fingerprint density at radius 2 is 1.79 bits per heavy atom. The van der Waals surface area contributed by atoms with Crippen LogP contribution in [0, 0.1) is 13.8 Å². The zero-order valence-electron chi connectivity index (χ0n) is 16.7. The van der Waals surface area contributed by atoms with Crippen molar-refractivity contribution in [2.75, 3.05) is 20.3 Å². The van der Waals surface area contributed by atoms with Gasteiger partial charge in [0.1, 0.15) is 10.8 Å². The molecule has 0 saturated heterocycles. The van der Waals surface area contributed by atoms with Crippen molar-refractivity contribution in [2.24, 2.45) is 0 Å². The average molecular weight is 413 g/mol. The number of benzene rings is 1. The van der Waals surface area contributed by atoms with Gasteiger partial charge in [-0.1, -0.05) is 18.2 Å². The van der Waals surface area contributed by atoms with Gasteiger partial charge < -0.3 is 19.4 Å². The lowest BCUT2D eigenvalue weighted by Crippen LogP contribution is -2.30. The Bertz CT molecular complexity index is 986. The molecular weight excluding hydrogens is 388 g/mol. The van der Waals surface area contributed by atoms with E-state index in [0.717, 1.165) is 27.7 Å². The van der Waals surface area contributed by atoms with Crippen molar-refractivity contribution in [2.45, 2.75) is 20.3 Å². The zero-order chi connectivity index (χ0) is 20.8. The first-order chi connectivity index (χ1) is 14.0. The molecule has 0 aliphatic heterocycles. The number of aryl methyl sites for hydroxylation is 2. The molecule has 0 atom stereocenters. The van der Waals surface area contributed by atoms with Crippen molar-refractivity contribution in [1.29, 1.82) is 0 Å². The van der Waals surface area contributed by atoms with Gasteiger partial charge in [0.05, 0.1) is 12.7 Å². The number of carbonyl (C=O) groups is 2. The predicted molar refractivity (Wildman–Crippen MR) is 113 cm³/mol. The molecule has 0 spiro atoms. The molecule has 0 saturated carbocycles. The zero-order valence-corrected chi connectivity index (χ0v) is 17.5. The van der Waals surface area contributed by atoms with Crippen molar-refractivity contribution >= 4 is 23.2 Å². The summed E-state index contributed by atoms with van der Waals surface area (Å²) in [6, 6.07) is 13.4. The summed E-state index contributed by atoms with van der Waals surface area (Å²) < 4.78 is 12.5. The minimum Gasteiger partial charge on any atom is -0.496 e. The van der Waals surface area contributed by atoms with Gasteiger partial charge in [-0.25, -0.2) is 4.79 Å². The Morgan fingerprint density at radius 3 is 2.52 bits per heavy atom. The number of esters is 1. The molecule has 29 heavy (non-hydrogen) atoms. The second-order valence-corrected chi connectivity index (χ2v) is 7.47. The topological polar surface area (TPSA) is 69.6 Å². The molecule has 3 aromatic rings. The number of para-hydroxylation sites is 1. The van der Waals surface area contributed by atoms with Crippen molar-refractivity contribution in [1.82, 2.24) is 9.88 Å². The fourth-order valence-corrected chi connectivity index (χ4v) is 4.13. The number of aromatic nitrogens is 1. The number of amides is 1. The van der Waals surface area contributed by atoms with Crippen molar-refractivity contribution < 1.29 is 19.1 Å². The van der Waals surface area contributed by atoms with Crippen LogP contribution in [0.4, 0.5) is 0 Å². The minimum absolute atomic E-state index is 0.316. The third-order valence-corrected chi connectivity index (χ3v) is 5.48. The summed E-state index contributed by atoms with van der Waals surface area (Å²) in [5, 5.41) is 5.41. The molecule has 0 radical (unpaired) electrons. The number of ether oxygens (including phenoxy) is 2. The third-order valence-electron chi connectivity index (χ3n) is 4.58. The highest BCUT2D eigenvalue weighted by Crippen LogP contribution is 2.26. The largest absolute Gasteiger partial charge is 0.496 e. The molecule has 1 N–H and O–H groups in total. The Hall–Kier alpha value is -3.06. The lowest BCUT2D eigenvalue weighted by atomic mass is 10.1. The quantitative estimate of drug-likeness (QED) is 0.573. The summed E-state index contributed by atoms with van der Waals surface area (Å²) in [6.07, 6.45) is 0.630. The van der Waals surface area contributed by atoms with Gasteiger partial charge >= 0.3 is 5.97 Å². The molecule has 3 rings (SSSR count). The van der Waals surface area contributed by atoms with E-state index in [4.69, 9.17) is 9.47 Å². The van der Waals surface area contributed by atoms with Gasteiger partial charge in [0.2, 0.25) is 0 Å². The fraction of sp³-hybridized carbons (Fsp3) is 0.273. The van der Waals surface area contributed by atoms with Crippen LogP contribution in [-0.2, 0) is 16.0 Å². The van der Waals surface area contributed by atoms with E-state index in [2.05, 4.69) is 5.32 Å². The molecule has 152 valence electrons. The van der Waals surface area contributed by atoms with Crippen LogP contribution >= 0.6 is 11.3 Å². The van der Waals surface area contributed by atoms with E-state index in [-0.39, 0.29) is 12.5 Å². The number of nitrogens with zero attached hydrogens (tertiary/aromatic N) is 1. The molecule has 2 aromatic heterocycles. The van der Waals surface area contributed by atoms with Gasteiger partial charge in [0.15, 0.2) is 6.61 Å². The maximum Gasteiger partial charge on any atom is 0.341 e. The third kappa shape index (κ3) is 4.86. The highest BCUT2D eigenvalue weighted by molar-refractivity contribution is 7.13. The van der Waals surface area contributed by atoms with Crippen LogP contribution in [0.25, 0.3) is 5.00 Å². The van der Waals surface area contributed by atoms with Gasteiger partial charge in [-0.05, 0) is 55.5 Å². The normalized spacial score (nSPS) is 10.6. The lowest BCUT2D eigenvalue weighted by molar-refractivity contribution is -0.124. The lowest BCUT2D eigenvalue weighted by Gasteiger charge is -2.11. The van der Waals surface area contributed by atoms with E-state index in [0.29, 0.717) is 18.5 Å². The number of hydrogen-bond donors (Lipinski definition) is 1. The van der Waals surface area contributed by atoms with Crippen LogP contribution in [0.1, 0.15) is 27.3 Å². The van der Waals surface area contributed by atoms with Gasteiger partial charge in [-0.15, -0.1) is 11.3 Å². The second-order valence-electron chi connectivity index (χ2n) is 6.58. The fourth-order valence-electron chi connectivity index (χ4n) is 3.12. The molecule has 2 heterocycles. The summed E-state index contributed by atoms with van der Waals surface area (Å²) in [5.74, 6) is -0.0549. The molecule has 1 amide bonds. The molecule has 0 bridgehead atoms.